The lowest BCUT2D eigenvalue weighted by Gasteiger charge is -2.11. The van der Waals surface area contributed by atoms with Crippen LogP contribution in [0.3, 0.4) is 0 Å². The van der Waals surface area contributed by atoms with Gasteiger partial charge in [-0.25, -0.2) is 0 Å². The van der Waals surface area contributed by atoms with Crippen molar-refractivity contribution in [3.63, 3.8) is 0 Å². The third-order valence-corrected chi connectivity index (χ3v) is 3.15. The number of ether oxygens (including phenoxy) is 1. The summed E-state index contributed by atoms with van der Waals surface area (Å²) in [5.41, 5.74) is 1.98. The monoisotopic (exact) mass is 204 g/mol. The molecular formula is C13H16O2. The van der Waals surface area contributed by atoms with Gasteiger partial charge in [-0.1, -0.05) is 12.8 Å². The van der Waals surface area contributed by atoms with Crippen LogP contribution < -0.4 is 4.74 Å². The van der Waals surface area contributed by atoms with Gasteiger partial charge in [0, 0.05) is 5.56 Å². The molecule has 2 nitrogen and oxygen atoms in total. The molecule has 80 valence electrons. The number of carbonyl (C=O) groups is 1. The van der Waals surface area contributed by atoms with E-state index in [2.05, 4.69) is 6.07 Å². The second-order valence-electron chi connectivity index (χ2n) is 4.14. The van der Waals surface area contributed by atoms with E-state index >= 15 is 0 Å². The minimum absolute atomic E-state index is 0.624. The lowest BCUT2D eigenvalue weighted by atomic mass is 9.96. The smallest absolute Gasteiger partial charge is 0.150 e. The topological polar surface area (TPSA) is 26.3 Å². The second-order valence-corrected chi connectivity index (χ2v) is 4.14. The van der Waals surface area contributed by atoms with Crippen LogP contribution >= 0.6 is 0 Å². The van der Waals surface area contributed by atoms with Gasteiger partial charge >= 0.3 is 0 Å². The molecule has 15 heavy (non-hydrogen) atoms. The molecule has 0 amide bonds. The second kappa shape index (κ2) is 4.47. The van der Waals surface area contributed by atoms with Crippen LogP contribution in [0.2, 0.25) is 0 Å². The zero-order chi connectivity index (χ0) is 10.7. The molecule has 1 saturated carbocycles. The summed E-state index contributed by atoms with van der Waals surface area (Å²) in [4.78, 5) is 10.8. The van der Waals surface area contributed by atoms with Gasteiger partial charge in [0.25, 0.3) is 0 Å². The first-order chi connectivity index (χ1) is 7.33. The van der Waals surface area contributed by atoms with Crippen molar-refractivity contribution in [3.8, 4) is 5.75 Å². The van der Waals surface area contributed by atoms with Crippen molar-refractivity contribution in [2.75, 3.05) is 7.11 Å². The zero-order valence-corrected chi connectivity index (χ0v) is 9.03. The fourth-order valence-corrected chi connectivity index (χ4v) is 2.33. The Kier molecular flexibility index (Phi) is 3.05. The van der Waals surface area contributed by atoms with Crippen LogP contribution in [0.15, 0.2) is 18.2 Å². The van der Waals surface area contributed by atoms with Gasteiger partial charge in [-0.05, 0) is 42.5 Å². The van der Waals surface area contributed by atoms with Crippen molar-refractivity contribution in [1.82, 2.24) is 0 Å². The van der Waals surface area contributed by atoms with Gasteiger partial charge < -0.3 is 4.74 Å². The molecule has 2 rings (SSSR count). The van der Waals surface area contributed by atoms with Crippen LogP contribution in [-0.4, -0.2) is 13.4 Å². The first-order valence-corrected chi connectivity index (χ1v) is 5.47. The summed E-state index contributed by atoms with van der Waals surface area (Å²) < 4.78 is 5.20. The van der Waals surface area contributed by atoms with Crippen molar-refractivity contribution in [2.24, 2.45) is 0 Å². The average molecular weight is 204 g/mol. The van der Waals surface area contributed by atoms with Crippen molar-refractivity contribution in [2.45, 2.75) is 31.6 Å². The number of methoxy groups -OCH3 is 1. The predicted molar refractivity (Wildman–Crippen MR) is 59.6 cm³/mol. The van der Waals surface area contributed by atoms with E-state index in [1.807, 2.05) is 6.07 Å². The molecule has 0 atom stereocenters. The molecule has 1 aromatic carbocycles. The van der Waals surface area contributed by atoms with E-state index in [0.717, 1.165) is 17.6 Å². The zero-order valence-electron chi connectivity index (χ0n) is 9.03. The SMILES string of the molecule is COc1cc(C=O)cc(C2CCCC2)c1. The molecule has 0 heterocycles. The summed E-state index contributed by atoms with van der Waals surface area (Å²) in [5, 5.41) is 0. The van der Waals surface area contributed by atoms with Crippen LogP contribution in [0.1, 0.15) is 47.5 Å². The summed E-state index contributed by atoms with van der Waals surface area (Å²) >= 11 is 0. The quantitative estimate of drug-likeness (QED) is 0.707. The summed E-state index contributed by atoms with van der Waals surface area (Å²) in [6.45, 7) is 0. The molecule has 0 spiro atoms. The van der Waals surface area contributed by atoms with Gasteiger partial charge in [0.15, 0.2) is 0 Å². The first kappa shape index (κ1) is 10.2. The molecule has 1 aliphatic rings. The Balaban J connectivity index is 2.32. The van der Waals surface area contributed by atoms with Crippen molar-refractivity contribution >= 4 is 6.29 Å². The van der Waals surface area contributed by atoms with Crippen LogP contribution in [0.5, 0.6) is 5.75 Å². The lowest BCUT2D eigenvalue weighted by Crippen LogP contribution is -1.96. The highest BCUT2D eigenvalue weighted by atomic mass is 16.5. The fraction of sp³-hybridized carbons (Fsp3) is 0.462. The Bertz CT molecular complexity index is 352. The number of benzene rings is 1. The van der Waals surface area contributed by atoms with Gasteiger partial charge in [0.05, 0.1) is 7.11 Å². The van der Waals surface area contributed by atoms with E-state index in [9.17, 15) is 4.79 Å². The maximum absolute atomic E-state index is 10.8. The number of rotatable bonds is 3. The van der Waals surface area contributed by atoms with E-state index in [0.29, 0.717) is 5.92 Å². The average Bonchev–Trinajstić information content (AvgIpc) is 2.81. The van der Waals surface area contributed by atoms with Crippen LogP contribution in [-0.2, 0) is 0 Å². The Hall–Kier alpha value is -1.31. The summed E-state index contributed by atoms with van der Waals surface area (Å²) in [6.07, 6.45) is 5.98. The highest BCUT2D eigenvalue weighted by molar-refractivity contribution is 5.76. The molecule has 1 aliphatic carbocycles. The van der Waals surface area contributed by atoms with E-state index in [-0.39, 0.29) is 0 Å². The maximum Gasteiger partial charge on any atom is 0.150 e. The first-order valence-electron chi connectivity index (χ1n) is 5.47. The standard InChI is InChI=1S/C13H16O2/c1-15-13-7-10(9-14)6-12(8-13)11-4-2-3-5-11/h6-9,11H,2-5H2,1H3. The van der Waals surface area contributed by atoms with Crippen LogP contribution in [0, 0.1) is 0 Å². The molecule has 0 radical (unpaired) electrons. The highest BCUT2D eigenvalue weighted by Gasteiger charge is 2.18. The van der Waals surface area contributed by atoms with Crippen molar-refractivity contribution in [1.29, 1.82) is 0 Å². The molecule has 0 N–H and O–H groups in total. The molecule has 0 aliphatic heterocycles. The van der Waals surface area contributed by atoms with Gasteiger partial charge in [0.1, 0.15) is 12.0 Å². The van der Waals surface area contributed by atoms with E-state index < -0.39 is 0 Å². The Morgan fingerprint density at radius 1 is 1.27 bits per heavy atom. The largest absolute Gasteiger partial charge is 0.497 e. The molecule has 0 aromatic heterocycles. The molecule has 1 fully saturated rings. The lowest BCUT2D eigenvalue weighted by molar-refractivity contribution is 0.112. The number of hydrogen-bond donors (Lipinski definition) is 0. The summed E-state index contributed by atoms with van der Waals surface area (Å²) in [6, 6.07) is 5.83. The minimum atomic E-state index is 0.624. The molecule has 2 heteroatoms. The number of carbonyl (C=O) groups excluding carboxylic acids is 1. The van der Waals surface area contributed by atoms with Crippen LogP contribution in [0.4, 0.5) is 0 Å². The third-order valence-electron chi connectivity index (χ3n) is 3.15. The molecule has 0 saturated heterocycles. The Morgan fingerprint density at radius 3 is 2.60 bits per heavy atom. The molecular weight excluding hydrogens is 188 g/mol. The van der Waals surface area contributed by atoms with Gasteiger partial charge in [0.2, 0.25) is 0 Å². The van der Waals surface area contributed by atoms with E-state index in [1.165, 1.54) is 31.2 Å². The van der Waals surface area contributed by atoms with E-state index in [1.54, 1.807) is 13.2 Å². The number of hydrogen-bond acceptors (Lipinski definition) is 2. The molecule has 1 aromatic rings. The summed E-state index contributed by atoms with van der Waals surface area (Å²) in [7, 11) is 1.64. The van der Waals surface area contributed by atoms with Crippen LogP contribution in [0.25, 0.3) is 0 Å². The fourth-order valence-electron chi connectivity index (χ4n) is 2.33. The van der Waals surface area contributed by atoms with Crippen molar-refractivity contribution in [3.05, 3.63) is 29.3 Å². The maximum atomic E-state index is 10.8. The Morgan fingerprint density at radius 2 is 2.00 bits per heavy atom. The van der Waals surface area contributed by atoms with Gasteiger partial charge in [-0.3, -0.25) is 4.79 Å². The number of aldehydes is 1. The minimum Gasteiger partial charge on any atom is -0.497 e. The molecule has 0 bridgehead atoms. The molecule has 0 unspecified atom stereocenters. The normalized spacial score (nSPS) is 16.6. The highest BCUT2D eigenvalue weighted by Crippen LogP contribution is 2.35. The van der Waals surface area contributed by atoms with Gasteiger partial charge in [-0.2, -0.15) is 0 Å². The van der Waals surface area contributed by atoms with Gasteiger partial charge in [-0.15, -0.1) is 0 Å². The third kappa shape index (κ3) is 2.20. The summed E-state index contributed by atoms with van der Waals surface area (Å²) in [5.74, 6) is 1.42. The van der Waals surface area contributed by atoms with Crippen molar-refractivity contribution < 1.29 is 9.53 Å². The Labute approximate surface area is 90.3 Å². The predicted octanol–water partition coefficient (Wildman–Crippen LogP) is 3.17. The van der Waals surface area contributed by atoms with E-state index in [4.69, 9.17) is 4.74 Å².